The second-order valence-electron chi connectivity index (χ2n) is 5.93. The summed E-state index contributed by atoms with van der Waals surface area (Å²) in [6.07, 6.45) is -4.65. The first-order valence-corrected chi connectivity index (χ1v) is 8.48. The van der Waals surface area contributed by atoms with Gasteiger partial charge in [-0.05, 0) is 13.1 Å². The summed E-state index contributed by atoms with van der Waals surface area (Å²) in [6.45, 7) is 6.78. The van der Waals surface area contributed by atoms with Gasteiger partial charge < -0.3 is 14.8 Å². The van der Waals surface area contributed by atoms with Gasteiger partial charge in [0.2, 0.25) is 5.82 Å². The number of H-pyrrole nitrogens is 1. The predicted octanol–water partition coefficient (Wildman–Crippen LogP) is 3.51. The van der Waals surface area contributed by atoms with E-state index >= 15 is 0 Å². The van der Waals surface area contributed by atoms with E-state index in [1.54, 1.807) is 37.4 Å². The van der Waals surface area contributed by atoms with Gasteiger partial charge in [0.05, 0.1) is 0 Å². The zero-order valence-corrected chi connectivity index (χ0v) is 15.1. The number of halogens is 3. The van der Waals surface area contributed by atoms with Crippen molar-refractivity contribution < 1.29 is 18.0 Å². The second kappa shape index (κ2) is 8.35. The summed E-state index contributed by atoms with van der Waals surface area (Å²) in [5.74, 6) is -1.68. The van der Waals surface area contributed by atoms with E-state index in [2.05, 4.69) is 14.9 Å². The Morgan fingerprint density at radius 2 is 1.73 bits per heavy atom. The lowest BCUT2D eigenvalue weighted by Gasteiger charge is -2.23. The summed E-state index contributed by atoms with van der Waals surface area (Å²) in [7, 11) is 1.58. The van der Waals surface area contributed by atoms with Crippen LogP contribution in [0, 0.1) is 0 Å². The molecule has 1 heterocycles. The molecule has 0 bridgehead atoms. The number of amides is 1. The molecular weight excluding hydrogens is 345 g/mol. The first-order valence-electron chi connectivity index (χ1n) is 8.48. The average molecular weight is 368 g/mol. The van der Waals surface area contributed by atoms with E-state index in [-0.39, 0.29) is 11.4 Å². The standard InChI is InChI=1S/C18H23F3N4O/c1-4-25(5-2)12-11-24(3)16(26)15-14(13-9-7-6-8-10-13)22-17(23-15)18(19,20)21/h6-10H,4-5,11-12H2,1-3H3,(H,22,23). The summed E-state index contributed by atoms with van der Waals surface area (Å²) in [4.78, 5) is 22.1. The molecule has 1 aromatic heterocycles. The lowest BCUT2D eigenvalue weighted by atomic mass is 10.1. The highest BCUT2D eigenvalue weighted by atomic mass is 19.4. The average Bonchev–Trinajstić information content (AvgIpc) is 3.08. The van der Waals surface area contributed by atoms with E-state index in [0.29, 0.717) is 18.7 Å². The van der Waals surface area contributed by atoms with Gasteiger partial charge in [0.25, 0.3) is 5.91 Å². The third kappa shape index (κ3) is 4.63. The molecule has 0 radical (unpaired) electrons. The molecule has 0 atom stereocenters. The molecule has 2 aromatic rings. The van der Waals surface area contributed by atoms with Gasteiger partial charge in [0.15, 0.2) is 0 Å². The Kier molecular flexibility index (Phi) is 6.42. The fourth-order valence-electron chi connectivity index (χ4n) is 2.59. The summed E-state index contributed by atoms with van der Waals surface area (Å²) in [5.41, 5.74) is 0.322. The number of alkyl halides is 3. The molecule has 1 amide bonds. The number of aromatic nitrogens is 2. The van der Waals surface area contributed by atoms with Gasteiger partial charge in [-0.1, -0.05) is 44.2 Å². The first-order chi connectivity index (χ1) is 12.3. The number of likely N-dealkylation sites (N-methyl/N-ethyl adjacent to an activating group) is 2. The number of nitrogens with one attached hydrogen (secondary N) is 1. The van der Waals surface area contributed by atoms with Crippen LogP contribution in [0.2, 0.25) is 0 Å². The molecule has 5 nitrogen and oxygen atoms in total. The number of nitrogens with zero attached hydrogens (tertiary/aromatic N) is 3. The Bertz CT molecular complexity index is 724. The number of aromatic amines is 1. The van der Waals surface area contributed by atoms with E-state index < -0.39 is 17.9 Å². The van der Waals surface area contributed by atoms with E-state index in [9.17, 15) is 18.0 Å². The van der Waals surface area contributed by atoms with Crippen molar-refractivity contribution in [1.82, 2.24) is 19.8 Å². The molecule has 1 N–H and O–H groups in total. The van der Waals surface area contributed by atoms with Gasteiger partial charge >= 0.3 is 6.18 Å². The molecule has 0 saturated carbocycles. The minimum Gasteiger partial charge on any atom is -0.339 e. The zero-order valence-electron chi connectivity index (χ0n) is 15.1. The smallest absolute Gasteiger partial charge is 0.339 e. The third-order valence-electron chi connectivity index (χ3n) is 4.23. The van der Waals surface area contributed by atoms with Crippen LogP contribution >= 0.6 is 0 Å². The summed E-state index contributed by atoms with van der Waals surface area (Å²) in [5, 5.41) is 0. The highest BCUT2D eigenvalue weighted by molar-refractivity contribution is 5.98. The number of carbonyl (C=O) groups excluding carboxylic acids is 1. The Hall–Kier alpha value is -2.35. The third-order valence-corrected chi connectivity index (χ3v) is 4.23. The Morgan fingerprint density at radius 3 is 2.27 bits per heavy atom. The van der Waals surface area contributed by atoms with Crippen LogP contribution in [0.5, 0.6) is 0 Å². The van der Waals surface area contributed by atoms with Crippen LogP contribution < -0.4 is 0 Å². The maximum Gasteiger partial charge on any atom is 0.449 e. The van der Waals surface area contributed by atoms with Crippen LogP contribution in [0.25, 0.3) is 11.3 Å². The van der Waals surface area contributed by atoms with Crippen molar-refractivity contribution in [3.63, 3.8) is 0 Å². The van der Waals surface area contributed by atoms with Crippen molar-refractivity contribution in [3.8, 4) is 11.3 Å². The van der Waals surface area contributed by atoms with Crippen LogP contribution in [-0.2, 0) is 6.18 Å². The van der Waals surface area contributed by atoms with E-state index in [1.165, 1.54) is 4.90 Å². The molecule has 1 aromatic carbocycles. The van der Waals surface area contributed by atoms with Crippen molar-refractivity contribution in [1.29, 1.82) is 0 Å². The van der Waals surface area contributed by atoms with Crippen LogP contribution in [0.1, 0.15) is 30.2 Å². The molecule has 0 unspecified atom stereocenters. The number of carbonyl (C=O) groups is 1. The lowest BCUT2D eigenvalue weighted by molar-refractivity contribution is -0.144. The molecule has 142 valence electrons. The van der Waals surface area contributed by atoms with Gasteiger partial charge in [0.1, 0.15) is 11.4 Å². The molecule has 26 heavy (non-hydrogen) atoms. The van der Waals surface area contributed by atoms with Gasteiger partial charge in [0, 0.05) is 25.7 Å². The molecular formula is C18H23F3N4O. The molecule has 0 aliphatic carbocycles. The number of hydrogen-bond acceptors (Lipinski definition) is 3. The maximum atomic E-state index is 13.1. The molecule has 0 fully saturated rings. The van der Waals surface area contributed by atoms with Crippen LogP contribution in [0.15, 0.2) is 30.3 Å². The highest BCUT2D eigenvalue weighted by Gasteiger charge is 2.37. The minimum absolute atomic E-state index is 0.0117. The molecule has 0 aliphatic heterocycles. The Balaban J connectivity index is 2.31. The van der Waals surface area contributed by atoms with Crippen molar-refractivity contribution in [3.05, 3.63) is 41.9 Å². The molecule has 8 heteroatoms. The van der Waals surface area contributed by atoms with Crippen molar-refractivity contribution >= 4 is 5.91 Å². The summed E-state index contributed by atoms with van der Waals surface area (Å²) < 4.78 is 39.2. The molecule has 0 saturated heterocycles. The number of benzene rings is 1. The lowest BCUT2D eigenvalue weighted by Crippen LogP contribution is -2.36. The topological polar surface area (TPSA) is 52.2 Å². The van der Waals surface area contributed by atoms with E-state index in [1.807, 2.05) is 13.8 Å². The van der Waals surface area contributed by atoms with Gasteiger partial charge in [-0.15, -0.1) is 0 Å². The largest absolute Gasteiger partial charge is 0.449 e. The second-order valence-corrected chi connectivity index (χ2v) is 5.93. The SMILES string of the molecule is CCN(CC)CCN(C)C(=O)c1[nH]c(C(F)(F)F)nc1-c1ccccc1. The molecule has 0 spiro atoms. The van der Waals surface area contributed by atoms with Gasteiger partial charge in [-0.2, -0.15) is 13.2 Å². The molecule has 0 aliphatic rings. The fourth-order valence-corrected chi connectivity index (χ4v) is 2.59. The number of imidazole rings is 1. The predicted molar refractivity (Wildman–Crippen MR) is 93.8 cm³/mol. The van der Waals surface area contributed by atoms with Crippen LogP contribution in [0.4, 0.5) is 13.2 Å². The zero-order chi connectivity index (χ0) is 19.3. The van der Waals surface area contributed by atoms with Crippen LogP contribution in [-0.4, -0.2) is 58.9 Å². The quantitative estimate of drug-likeness (QED) is 0.814. The van der Waals surface area contributed by atoms with Crippen molar-refractivity contribution in [2.75, 3.05) is 33.2 Å². The van der Waals surface area contributed by atoms with E-state index in [4.69, 9.17) is 0 Å². The first kappa shape index (κ1) is 20.0. The monoisotopic (exact) mass is 368 g/mol. The number of hydrogen-bond donors (Lipinski definition) is 1. The molecule has 2 rings (SSSR count). The maximum absolute atomic E-state index is 13.1. The van der Waals surface area contributed by atoms with E-state index in [0.717, 1.165) is 13.1 Å². The Labute approximate surface area is 150 Å². The fraction of sp³-hybridized carbons (Fsp3) is 0.444. The summed E-state index contributed by atoms with van der Waals surface area (Å²) >= 11 is 0. The minimum atomic E-state index is -4.65. The number of rotatable bonds is 7. The van der Waals surface area contributed by atoms with Gasteiger partial charge in [-0.25, -0.2) is 4.98 Å². The highest BCUT2D eigenvalue weighted by Crippen LogP contribution is 2.31. The summed E-state index contributed by atoms with van der Waals surface area (Å²) in [6, 6.07) is 8.38. The normalized spacial score (nSPS) is 11.8. The van der Waals surface area contributed by atoms with Crippen molar-refractivity contribution in [2.45, 2.75) is 20.0 Å². The van der Waals surface area contributed by atoms with Gasteiger partial charge in [-0.3, -0.25) is 4.79 Å². The van der Waals surface area contributed by atoms with Crippen molar-refractivity contribution in [2.24, 2.45) is 0 Å². The van der Waals surface area contributed by atoms with Crippen LogP contribution in [0.3, 0.4) is 0 Å². The Morgan fingerprint density at radius 1 is 1.12 bits per heavy atom.